The molecule has 0 spiro atoms. The number of aromatic nitrogens is 1. The summed E-state index contributed by atoms with van der Waals surface area (Å²) in [5.74, 6) is 0.550. The lowest BCUT2D eigenvalue weighted by Gasteiger charge is -2.06. The fourth-order valence-corrected chi connectivity index (χ4v) is 1.97. The highest BCUT2D eigenvalue weighted by Gasteiger charge is 2.12. The Kier molecular flexibility index (Phi) is 3.04. The van der Waals surface area contributed by atoms with Gasteiger partial charge in [0.1, 0.15) is 7.05 Å². The zero-order chi connectivity index (χ0) is 11.5. The Bertz CT molecular complexity index is 472. The first-order valence-corrected chi connectivity index (χ1v) is 5.73. The van der Waals surface area contributed by atoms with Crippen LogP contribution in [-0.2, 0) is 7.05 Å². The van der Waals surface area contributed by atoms with Crippen LogP contribution in [0.15, 0.2) is 48.7 Å². The molecule has 1 aromatic carbocycles. The third-order valence-corrected chi connectivity index (χ3v) is 2.89. The normalized spacial score (nSPS) is 10.8. The van der Waals surface area contributed by atoms with E-state index in [2.05, 4.69) is 74.1 Å². The van der Waals surface area contributed by atoms with Crippen molar-refractivity contribution in [2.75, 3.05) is 0 Å². The third kappa shape index (κ3) is 2.13. The number of hydrogen-bond acceptors (Lipinski definition) is 0. The van der Waals surface area contributed by atoms with Crippen molar-refractivity contribution in [3.63, 3.8) is 0 Å². The molecule has 0 fully saturated rings. The summed E-state index contributed by atoms with van der Waals surface area (Å²) in [6.45, 7) is 4.45. The molecule has 16 heavy (non-hydrogen) atoms. The van der Waals surface area contributed by atoms with Crippen molar-refractivity contribution >= 4 is 0 Å². The number of rotatable bonds is 2. The van der Waals surface area contributed by atoms with E-state index in [4.69, 9.17) is 0 Å². The van der Waals surface area contributed by atoms with Gasteiger partial charge in [0.15, 0.2) is 11.9 Å². The molecule has 0 N–H and O–H groups in total. The summed E-state index contributed by atoms with van der Waals surface area (Å²) in [5, 5.41) is 0. The third-order valence-electron chi connectivity index (χ3n) is 2.89. The highest BCUT2D eigenvalue weighted by Crippen LogP contribution is 2.20. The van der Waals surface area contributed by atoms with Gasteiger partial charge in [-0.15, -0.1) is 0 Å². The Labute approximate surface area is 97.4 Å². The molecule has 0 saturated heterocycles. The number of benzene rings is 1. The number of aryl methyl sites for hydroxylation is 1. The molecule has 1 heteroatoms. The van der Waals surface area contributed by atoms with E-state index in [0.29, 0.717) is 5.92 Å². The molecule has 0 bridgehead atoms. The largest absolute Gasteiger partial charge is 0.205 e. The minimum atomic E-state index is 0.550. The first kappa shape index (κ1) is 10.9. The maximum Gasteiger partial charge on any atom is 0.184 e. The van der Waals surface area contributed by atoms with E-state index in [1.54, 1.807) is 0 Å². The van der Waals surface area contributed by atoms with Crippen LogP contribution in [-0.4, -0.2) is 0 Å². The van der Waals surface area contributed by atoms with Crippen LogP contribution in [0, 0.1) is 0 Å². The predicted molar refractivity (Wildman–Crippen MR) is 67.1 cm³/mol. The predicted octanol–water partition coefficient (Wildman–Crippen LogP) is 3.30. The lowest BCUT2D eigenvalue weighted by Crippen LogP contribution is -2.33. The second-order valence-electron chi connectivity index (χ2n) is 4.47. The highest BCUT2D eigenvalue weighted by molar-refractivity contribution is 5.62. The van der Waals surface area contributed by atoms with Gasteiger partial charge in [-0.2, -0.15) is 0 Å². The van der Waals surface area contributed by atoms with Crippen LogP contribution in [0.25, 0.3) is 11.1 Å². The van der Waals surface area contributed by atoms with Crippen molar-refractivity contribution in [2.45, 2.75) is 19.8 Å². The Morgan fingerprint density at radius 1 is 0.938 bits per heavy atom. The Morgan fingerprint density at radius 3 is 2.25 bits per heavy atom. The molecular weight excluding hydrogens is 194 g/mol. The highest BCUT2D eigenvalue weighted by atomic mass is 14.9. The van der Waals surface area contributed by atoms with Gasteiger partial charge in [0, 0.05) is 18.1 Å². The SMILES string of the molecule is CC(C)c1cc(-c2ccccc2)cc[n+]1C. The number of hydrogen-bond donors (Lipinski definition) is 0. The lowest BCUT2D eigenvalue weighted by molar-refractivity contribution is -0.680. The van der Waals surface area contributed by atoms with Crippen molar-refractivity contribution in [2.24, 2.45) is 7.05 Å². The number of pyridine rings is 1. The monoisotopic (exact) mass is 212 g/mol. The summed E-state index contributed by atoms with van der Waals surface area (Å²) in [4.78, 5) is 0. The average Bonchev–Trinajstić information content (AvgIpc) is 2.30. The van der Waals surface area contributed by atoms with Gasteiger partial charge in [-0.3, -0.25) is 0 Å². The van der Waals surface area contributed by atoms with Crippen LogP contribution in [0.1, 0.15) is 25.5 Å². The second kappa shape index (κ2) is 4.48. The smallest absolute Gasteiger partial charge is 0.184 e. The molecule has 0 aliphatic rings. The van der Waals surface area contributed by atoms with Gasteiger partial charge in [-0.1, -0.05) is 44.2 Å². The molecule has 82 valence electrons. The van der Waals surface area contributed by atoms with E-state index in [1.807, 2.05) is 0 Å². The van der Waals surface area contributed by atoms with Gasteiger partial charge >= 0.3 is 0 Å². The van der Waals surface area contributed by atoms with Gasteiger partial charge in [-0.25, -0.2) is 4.57 Å². The topological polar surface area (TPSA) is 3.88 Å². The molecule has 1 aromatic heterocycles. The van der Waals surface area contributed by atoms with Gasteiger partial charge < -0.3 is 0 Å². The molecule has 0 aliphatic heterocycles. The van der Waals surface area contributed by atoms with Crippen LogP contribution in [0.2, 0.25) is 0 Å². The van der Waals surface area contributed by atoms with E-state index in [-0.39, 0.29) is 0 Å². The van der Waals surface area contributed by atoms with Gasteiger partial charge in [0.05, 0.1) is 0 Å². The Morgan fingerprint density at radius 2 is 1.62 bits per heavy atom. The average molecular weight is 212 g/mol. The summed E-state index contributed by atoms with van der Waals surface area (Å²) < 4.78 is 2.19. The van der Waals surface area contributed by atoms with Crippen molar-refractivity contribution < 1.29 is 4.57 Å². The molecule has 0 atom stereocenters. The van der Waals surface area contributed by atoms with E-state index in [0.717, 1.165) is 0 Å². The van der Waals surface area contributed by atoms with Crippen molar-refractivity contribution in [3.8, 4) is 11.1 Å². The van der Waals surface area contributed by atoms with Crippen molar-refractivity contribution in [1.82, 2.24) is 0 Å². The molecular formula is C15H18N+. The van der Waals surface area contributed by atoms with Crippen molar-refractivity contribution in [1.29, 1.82) is 0 Å². The van der Waals surface area contributed by atoms with Crippen LogP contribution in [0.4, 0.5) is 0 Å². The van der Waals surface area contributed by atoms with Gasteiger partial charge in [-0.05, 0) is 11.1 Å². The summed E-state index contributed by atoms with van der Waals surface area (Å²) in [6, 6.07) is 15.0. The molecule has 0 amide bonds. The summed E-state index contributed by atoms with van der Waals surface area (Å²) in [6.07, 6.45) is 2.14. The second-order valence-corrected chi connectivity index (χ2v) is 4.47. The van der Waals surface area contributed by atoms with Crippen LogP contribution < -0.4 is 4.57 Å². The summed E-state index contributed by atoms with van der Waals surface area (Å²) in [7, 11) is 2.10. The zero-order valence-electron chi connectivity index (χ0n) is 10.1. The first-order chi connectivity index (χ1) is 7.68. The molecule has 1 heterocycles. The number of nitrogens with zero attached hydrogens (tertiary/aromatic N) is 1. The zero-order valence-corrected chi connectivity index (χ0v) is 10.1. The molecule has 0 saturated carbocycles. The first-order valence-electron chi connectivity index (χ1n) is 5.73. The summed E-state index contributed by atoms with van der Waals surface area (Å²) >= 11 is 0. The lowest BCUT2D eigenvalue weighted by atomic mass is 10.0. The molecule has 0 radical (unpaired) electrons. The Hall–Kier alpha value is -1.63. The minimum absolute atomic E-state index is 0.550. The quantitative estimate of drug-likeness (QED) is 0.672. The van der Waals surface area contributed by atoms with Crippen LogP contribution in [0.3, 0.4) is 0 Å². The maximum atomic E-state index is 2.28. The van der Waals surface area contributed by atoms with E-state index >= 15 is 0 Å². The minimum Gasteiger partial charge on any atom is -0.205 e. The molecule has 0 unspecified atom stereocenters. The van der Waals surface area contributed by atoms with Gasteiger partial charge in [0.2, 0.25) is 0 Å². The van der Waals surface area contributed by atoms with E-state index in [1.165, 1.54) is 16.8 Å². The maximum absolute atomic E-state index is 2.28. The fraction of sp³-hybridized carbons (Fsp3) is 0.267. The van der Waals surface area contributed by atoms with E-state index in [9.17, 15) is 0 Å². The van der Waals surface area contributed by atoms with E-state index < -0.39 is 0 Å². The standard InChI is InChI=1S/C15H18N/c1-12(2)15-11-14(9-10-16(15)3)13-7-5-4-6-8-13/h4-12H,1-3H3/q+1. The van der Waals surface area contributed by atoms with Gasteiger partial charge in [0.25, 0.3) is 0 Å². The van der Waals surface area contributed by atoms with Crippen LogP contribution >= 0.6 is 0 Å². The molecule has 1 nitrogen and oxygen atoms in total. The molecule has 2 aromatic rings. The summed E-state index contributed by atoms with van der Waals surface area (Å²) in [5.41, 5.74) is 3.94. The molecule has 2 rings (SSSR count). The Balaban J connectivity index is 2.48. The molecule has 0 aliphatic carbocycles. The van der Waals surface area contributed by atoms with Crippen molar-refractivity contribution in [3.05, 3.63) is 54.4 Å². The van der Waals surface area contributed by atoms with Crippen LogP contribution in [0.5, 0.6) is 0 Å². The fourth-order valence-electron chi connectivity index (χ4n) is 1.97.